The van der Waals surface area contributed by atoms with Crippen molar-refractivity contribution in [2.45, 2.75) is 26.9 Å². The van der Waals surface area contributed by atoms with Crippen molar-refractivity contribution in [3.05, 3.63) is 53.7 Å². The number of pyridine rings is 1. The number of fused-ring (bicyclic) bond motifs is 1. The van der Waals surface area contributed by atoms with Crippen LogP contribution in [-0.2, 0) is 20.1 Å². The second-order valence-electron chi connectivity index (χ2n) is 6.76. The molecule has 0 spiro atoms. The topological polar surface area (TPSA) is 82.0 Å². The van der Waals surface area contributed by atoms with Gasteiger partial charge in [0, 0.05) is 26.8 Å². The summed E-state index contributed by atoms with van der Waals surface area (Å²) < 4.78 is 9.03. The van der Waals surface area contributed by atoms with Gasteiger partial charge in [-0.3, -0.25) is 14.2 Å². The highest BCUT2D eigenvalue weighted by molar-refractivity contribution is 6.07. The number of hydrogen-bond acceptors (Lipinski definition) is 5. The average Bonchev–Trinajstić information content (AvgIpc) is 3.42. The van der Waals surface area contributed by atoms with Crippen LogP contribution in [-0.4, -0.2) is 42.4 Å². The number of amides is 1. The fourth-order valence-electron chi connectivity index (χ4n) is 3.35. The van der Waals surface area contributed by atoms with E-state index in [1.54, 1.807) is 35.0 Å². The Morgan fingerprint density at radius 3 is 2.79 bits per heavy atom. The Hall–Kier alpha value is -3.42. The molecule has 4 aromatic rings. The van der Waals surface area contributed by atoms with Gasteiger partial charge in [0.2, 0.25) is 0 Å². The minimum absolute atomic E-state index is 0.109. The smallest absolute Gasteiger partial charge is 0.254 e. The predicted molar refractivity (Wildman–Crippen MR) is 105 cm³/mol. The van der Waals surface area contributed by atoms with E-state index in [0.717, 1.165) is 23.3 Å². The van der Waals surface area contributed by atoms with Gasteiger partial charge in [0.15, 0.2) is 11.4 Å². The summed E-state index contributed by atoms with van der Waals surface area (Å²) in [6.45, 7) is 5.13. The zero-order valence-electron chi connectivity index (χ0n) is 16.4. The van der Waals surface area contributed by atoms with Gasteiger partial charge in [0.25, 0.3) is 5.91 Å². The second kappa shape index (κ2) is 6.95. The van der Waals surface area contributed by atoms with Crippen LogP contribution in [0.1, 0.15) is 28.7 Å². The van der Waals surface area contributed by atoms with E-state index < -0.39 is 0 Å². The third kappa shape index (κ3) is 3.06. The monoisotopic (exact) mass is 378 g/mol. The maximum absolute atomic E-state index is 13.3. The van der Waals surface area contributed by atoms with E-state index >= 15 is 0 Å². The van der Waals surface area contributed by atoms with Gasteiger partial charge < -0.3 is 9.32 Å². The van der Waals surface area contributed by atoms with Crippen molar-refractivity contribution in [1.82, 2.24) is 29.4 Å². The Balaban J connectivity index is 1.76. The lowest BCUT2D eigenvalue weighted by atomic mass is 10.1. The molecule has 28 heavy (non-hydrogen) atoms. The van der Waals surface area contributed by atoms with Crippen LogP contribution in [0.5, 0.6) is 0 Å². The number of rotatable bonds is 5. The molecule has 4 aromatic heterocycles. The van der Waals surface area contributed by atoms with Gasteiger partial charge in [0.1, 0.15) is 5.69 Å². The maximum Gasteiger partial charge on any atom is 0.254 e. The first kappa shape index (κ1) is 18.0. The van der Waals surface area contributed by atoms with E-state index in [1.807, 2.05) is 43.9 Å². The Labute approximate surface area is 162 Å². The zero-order chi connectivity index (χ0) is 19.8. The molecule has 0 unspecified atom stereocenters. The standard InChI is InChI=1S/C20H22N6O2/c1-5-26-9-8-14(23-26)12-24(3)20(27)15-11-16(17-7-6-10-28-17)21-19-18(15)13(2)22-25(19)4/h6-11H,5,12H2,1-4H3. The summed E-state index contributed by atoms with van der Waals surface area (Å²) in [5, 5.41) is 9.67. The van der Waals surface area contributed by atoms with Gasteiger partial charge in [-0.2, -0.15) is 10.2 Å². The van der Waals surface area contributed by atoms with Crippen LogP contribution in [0.15, 0.2) is 41.1 Å². The Kier molecular flexibility index (Phi) is 4.46. The third-order valence-corrected chi connectivity index (χ3v) is 4.74. The molecule has 0 fully saturated rings. The normalized spacial score (nSPS) is 11.3. The van der Waals surface area contributed by atoms with Crippen molar-refractivity contribution in [3.63, 3.8) is 0 Å². The molecule has 0 bridgehead atoms. The quantitative estimate of drug-likeness (QED) is 0.533. The molecule has 0 aliphatic carbocycles. The molecule has 0 radical (unpaired) electrons. The Bertz CT molecular complexity index is 1140. The van der Waals surface area contributed by atoms with Crippen LogP contribution >= 0.6 is 0 Å². The first-order chi connectivity index (χ1) is 13.5. The number of carbonyl (C=O) groups is 1. The maximum atomic E-state index is 13.3. The van der Waals surface area contributed by atoms with Gasteiger partial charge >= 0.3 is 0 Å². The molecule has 0 aliphatic heterocycles. The van der Waals surface area contributed by atoms with Crippen LogP contribution in [0.2, 0.25) is 0 Å². The van der Waals surface area contributed by atoms with Crippen LogP contribution in [0.3, 0.4) is 0 Å². The molecule has 0 N–H and O–H groups in total. The molecule has 0 saturated carbocycles. The van der Waals surface area contributed by atoms with E-state index in [0.29, 0.717) is 29.2 Å². The molecule has 8 nitrogen and oxygen atoms in total. The van der Waals surface area contributed by atoms with E-state index in [1.165, 1.54) is 0 Å². The summed E-state index contributed by atoms with van der Waals surface area (Å²) in [6, 6.07) is 7.33. The molecule has 4 heterocycles. The first-order valence-electron chi connectivity index (χ1n) is 9.14. The minimum atomic E-state index is -0.109. The van der Waals surface area contributed by atoms with Gasteiger partial charge in [-0.1, -0.05) is 0 Å². The molecule has 0 aromatic carbocycles. The molecule has 0 saturated heterocycles. The van der Waals surface area contributed by atoms with E-state index in [9.17, 15) is 4.79 Å². The molecular weight excluding hydrogens is 356 g/mol. The van der Waals surface area contributed by atoms with Crippen molar-refractivity contribution < 1.29 is 9.21 Å². The zero-order valence-corrected chi connectivity index (χ0v) is 16.4. The van der Waals surface area contributed by atoms with Crippen molar-refractivity contribution in [2.24, 2.45) is 7.05 Å². The molecular formula is C20H22N6O2. The molecule has 4 rings (SSSR count). The molecule has 0 atom stereocenters. The fourth-order valence-corrected chi connectivity index (χ4v) is 3.35. The lowest BCUT2D eigenvalue weighted by molar-refractivity contribution is 0.0785. The van der Waals surface area contributed by atoms with Crippen molar-refractivity contribution in [1.29, 1.82) is 0 Å². The number of aromatic nitrogens is 5. The number of nitrogens with zero attached hydrogens (tertiary/aromatic N) is 6. The fraction of sp³-hybridized carbons (Fsp3) is 0.300. The highest BCUT2D eigenvalue weighted by Gasteiger charge is 2.22. The van der Waals surface area contributed by atoms with E-state index in [2.05, 4.69) is 15.2 Å². The van der Waals surface area contributed by atoms with Crippen LogP contribution < -0.4 is 0 Å². The Morgan fingerprint density at radius 2 is 2.11 bits per heavy atom. The van der Waals surface area contributed by atoms with Crippen molar-refractivity contribution in [3.8, 4) is 11.5 Å². The number of furan rings is 1. The molecule has 8 heteroatoms. The summed E-state index contributed by atoms with van der Waals surface area (Å²) >= 11 is 0. The number of hydrogen-bond donors (Lipinski definition) is 0. The minimum Gasteiger partial charge on any atom is -0.463 e. The summed E-state index contributed by atoms with van der Waals surface area (Å²) in [7, 11) is 3.60. The van der Waals surface area contributed by atoms with Gasteiger partial charge in [-0.25, -0.2) is 4.98 Å². The highest BCUT2D eigenvalue weighted by atomic mass is 16.3. The number of aryl methyl sites for hydroxylation is 3. The summed E-state index contributed by atoms with van der Waals surface area (Å²) in [4.78, 5) is 19.6. The van der Waals surface area contributed by atoms with Crippen LogP contribution in [0.4, 0.5) is 0 Å². The second-order valence-corrected chi connectivity index (χ2v) is 6.76. The van der Waals surface area contributed by atoms with Gasteiger partial charge in [0.05, 0.1) is 35.1 Å². The molecule has 0 aliphatic rings. The predicted octanol–water partition coefficient (Wildman–Crippen LogP) is 3.03. The first-order valence-corrected chi connectivity index (χ1v) is 9.14. The van der Waals surface area contributed by atoms with Crippen LogP contribution in [0.25, 0.3) is 22.5 Å². The lowest BCUT2D eigenvalue weighted by Crippen LogP contribution is -2.27. The van der Waals surface area contributed by atoms with E-state index in [4.69, 9.17) is 4.42 Å². The lowest BCUT2D eigenvalue weighted by Gasteiger charge is -2.17. The SMILES string of the molecule is CCn1ccc(CN(C)C(=O)c2cc(-c3ccco3)nc3c2c(C)nn3C)n1. The average molecular weight is 378 g/mol. The molecule has 144 valence electrons. The van der Waals surface area contributed by atoms with E-state index in [-0.39, 0.29) is 5.91 Å². The summed E-state index contributed by atoms with van der Waals surface area (Å²) in [6.07, 6.45) is 3.51. The largest absolute Gasteiger partial charge is 0.463 e. The Morgan fingerprint density at radius 1 is 1.29 bits per heavy atom. The van der Waals surface area contributed by atoms with Crippen LogP contribution in [0, 0.1) is 6.92 Å². The van der Waals surface area contributed by atoms with Gasteiger partial charge in [-0.05, 0) is 38.1 Å². The third-order valence-electron chi connectivity index (χ3n) is 4.74. The highest BCUT2D eigenvalue weighted by Crippen LogP contribution is 2.28. The summed E-state index contributed by atoms with van der Waals surface area (Å²) in [5.74, 6) is 0.501. The summed E-state index contributed by atoms with van der Waals surface area (Å²) in [5.41, 5.74) is 3.42. The number of carbonyl (C=O) groups excluding carboxylic acids is 1. The van der Waals surface area contributed by atoms with Gasteiger partial charge in [-0.15, -0.1) is 0 Å². The van der Waals surface area contributed by atoms with Crippen molar-refractivity contribution >= 4 is 16.9 Å². The molecule has 1 amide bonds. The van der Waals surface area contributed by atoms with Crippen molar-refractivity contribution in [2.75, 3.05) is 7.05 Å².